The molecule has 3 aliphatic rings. The van der Waals surface area contributed by atoms with Crippen LogP contribution in [0.3, 0.4) is 0 Å². The molecule has 0 aromatic heterocycles. The van der Waals surface area contributed by atoms with Crippen molar-refractivity contribution in [3.05, 3.63) is 99.5 Å². The quantitative estimate of drug-likeness (QED) is 0.383. The minimum Gasteiger partial charge on any atom is -0.349 e. The lowest BCUT2D eigenvalue weighted by atomic mass is 9.77. The molecule has 2 fully saturated rings. The average molecular weight is 492 g/mol. The minimum absolute atomic E-state index is 0.0319. The molecule has 168 valence electrons. The van der Waals surface area contributed by atoms with Gasteiger partial charge >= 0.3 is 0 Å². The van der Waals surface area contributed by atoms with Gasteiger partial charge in [-0.15, -0.1) is 0 Å². The van der Waals surface area contributed by atoms with Crippen LogP contribution in [0.5, 0.6) is 0 Å². The molecular weight excluding hydrogens is 477 g/mol. The first-order valence-corrected chi connectivity index (χ1v) is 11.4. The summed E-state index contributed by atoms with van der Waals surface area (Å²) in [6.45, 7) is 0. The summed E-state index contributed by atoms with van der Waals surface area (Å²) < 4.78 is 6.22. The van der Waals surface area contributed by atoms with Gasteiger partial charge in [0.2, 0.25) is 29.0 Å². The number of amides is 2. The Labute approximate surface area is 204 Å². The number of nitrogens with zero attached hydrogens (tertiary/aromatic N) is 1. The van der Waals surface area contributed by atoms with Crippen LogP contribution in [0.1, 0.15) is 32.4 Å². The van der Waals surface area contributed by atoms with Gasteiger partial charge in [0, 0.05) is 11.1 Å². The number of benzene rings is 3. The van der Waals surface area contributed by atoms with Crippen LogP contribution in [0.2, 0.25) is 10.0 Å². The van der Waals surface area contributed by atoms with Gasteiger partial charge < -0.3 is 4.74 Å². The summed E-state index contributed by atoms with van der Waals surface area (Å²) in [5.41, 5.74) is -1.07. The van der Waals surface area contributed by atoms with E-state index in [1.165, 1.54) is 24.3 Å². The smallest absolute Gasteiger partial charge is 0.241 e. The van der Waals surface area contributed by atoms with Crippen molar-refractivity contribution in [3.8, 4) is 0 Å². The highest BCUT2D eigenvalue weighted by Crippen LogP contribution is 2.58. The van der Waals surface area contributed by atoms with Gasteiger partial charge in [0.1, 0.15) is 0 Å². The van der Waals surface area contributed by atoms with E-state index in [0.717, 1.165) is 4.90 Å². The van der Waals surface area contributed by atoms with Crippen LogP contribution in [0, 0.1) is 11.8 Å². The van der Waals surface area contributed by atoms with E-state index in [4.69, 9.17) is 27.9 Å². The summed E-state index contributed by atoms with van der Waals surface area (Å²) in [7, 11) is 0. The maximum atomic E-state index is 13.9. The molecule has 0 radical (unpaired) electrons. The molecule has 2 aliphatic heterocycles. The zero-order valence-corrected chi connectivity index (χ0v) is 18.9. The van der Waals surface area contributed by atoms with Crippen molar-refractivity contribution in [1.82, 2.24) is 0 Å². The summed E-state index contributed by atoms with van der Waals surface area (Å²) in [6.07, 6.45) is -0.979. The monoisotopic (exact) mass is 491 g/mol. The molecule has 0 N–H and O–H groups in total. The molecule has 0 bridgehead atoms. The summed E-state index contributed by atoms with van der Waals surface area (Å²) in [5, 5.41) is 0.201. The lowest BCUT2D eigenvalue weighted by molar-refractivity contribution is -0.127. The van der Waals surface area contributed by atoms with E-state index in [-0.39, 0.29) is 26.9 Å². The summed E-state index contributed by atoms with van der Waals surface area (Å²) in [4.78, 5) is 56.0. The highest BCUT2D eigenvalue weighted by molar-refractivity contribution is 6.45. The number of carbonyl (C=O) groups is 4. The van der Waals surface area contributed by atoms with E-state index in [9.17, 15) is 19.2 Å². The third kappa shape index (κ3) is 2.56. The number of hydrogen-bond donors (Lipinski definition) is 0. The highest BCUT2D eigenvalue weighted by atomic mass is 35.5. The van der Waals surface area contributed by atoms with Crippen LogP contribution in [0.4, 0.5) is 5.69 Å². The van der Waals surface area contributed by atoms with Gasteiger partial charge in [-0.25, -0.2) is 4.90 Å². The third-order valence-electron chi connectivity index (χ3n) is 6.82. The predicted molar refractivity (Wildman–Crippen MR) is 124 cm³/mol. The molecule has 0 saturated carbocycles. The second kappa shape index (κ2) is 7.34. The zero-order chi connectivity index (χ0) is 23.8. The number of ketones is 2. The van der Waals surface area contributed by atoms with Gasteiger partial charge in [-0.2, -0.15) is 0 Å². The van der Waals surface area contributed by atoms with Gasteiger partial charge in [0.05, 0.1) is 33.7 Å². The van der Waals surface area contributed by atoms with Crippen molar-refractivity contribution in [2.45, 2.75) is 11.7 Å². The van der Waals surface area contributed by atoms with E-state index >= 15 is 0 Å². The molecule has 2 amide bonds. The Hall–Kier alpha value is -3.32. The fraction of sp³-hybridized carbons (Fsp3) is 0.154. The number of anilines is 1. The van der Waals surface area contributed by atoms with E-state index in [0.29, 0.717) is 5.56 Å². The molecule has 6 rings (SSSR count). The Morgan fingerprint density at radius 2 is 1.35 bits per heavy atom. The summed E-state index contributed by atoms with van der Waals surface area (Å²) in [5.74, 6) is -4.96. The first kappa shape index (κ1) is 21.2. The second-order valence-electron chi connectivity index (χ2n) is 8.48. The molecule has 1 spiro atoms. The largest absolute Gasteiger partial charge is 0.349 e. The van der Waals surface area contributed by atoms with Crippen LogP contribution in [-0.2, 0) is 14.3 Å². The lowest BCUT2D eigenvalue weighted by Crippen LogP contribution is -2.51. The maximum absolute atomic E-state index is 13.9. The molecule has 8 heteroatoms. The Balaban J connectivity index is 1.57. The molecule has 2 saturated heterocycles. The molecule has 3 atom stereocenters. The predicted octanol–water partition coefficient (Wildman–Crippen LogP) is 4.69. The summed E-state index contributed by atoms with van der Waals surface area (Å²) in [6, 6.07) is 19.8. The van der Waals surface area contributed by atoms with Crippen molar-refractivity contribution in [2.24, 2.45) is 11.8 Å². The number of carbonyl (C=O) groups excluding carboxylic acids is 4. The maximum Gasteiger partial charge on any atom is 0.241 e. The van der Waals surface area contributed by atoms with E-state index in [1.807, 2.05) is 0 Å². The number of Topliss-reactive ketones (excluding diaryl/α,β-unsaturated/α-hetero) is 2. The Kier molecular flexibility index (Phi) is 4.58. The van der Waals surface area contributed by atoms with E-state index < -0.39 is 46.9 Å². The molecule has 2 heterocycles. The number of rotatable bonds is 2. The second-order valence-corrected chi connectivity index (χ2v) is 9.26. The number of imide groups is 1. The fourth-order valence-electron chi connectivity index (χ4n) is 5.36. The van der Waals surface area contributed by atoms with Gasteiger partial charge in [0.15, 0.2) is 0 Å². The number of fused-ring (bicyclic) bond motifs is 3. The molecule has 3 aromatic rings. The standard InChI is InChI=1S/C26H15Cl2NO5/c27-16-11-6-12-17(20(16)28)29-24(32)18-19(25(29)33)26(34-21(18)13-7-2-1-3-8-13)22(30)14-9-4-5-10-15(14)23(26)31/h1-12,18-19,21H/t18-,19+,21+/m0/s1. The van der Waals surface area contributed by atoms with Crippen molar-refractivity contribution < 1.29 is 23.9 Å². The topological polar surface area (TPSA) is 80.8 Å². The zero-order valence-electron chi connectivity index (χ0n) is 17.4. The van der Waals surface area contributed by atoms with Crippen LogP contribution in [0.25, 0.3) is 0 Å². The number of ether oxygens (including phenoxy) is 1. The van der Waals surface area contributed by atoms with Gasteiger partial charge in [-0.05, 0) is 17.7 Å². The van der Waals surface area contributed by atoms with Crippen molar-refractivity contribution >= 4 is 52.3 Å². The van der Waals surface area contributed by atoms with Crippen LogP contribution in [0.15, 0.2) is 72.8 Å². The van der Waals surface area contributed by atoms with Gasteiger partial charge in [-0.3, -0.25) is 19.2 Å². The van der Waals surface area contributed by atoms with E-state index in [2.05, 4.69) is 0 Å². The van der Waals surface area contributed by atoms with Crippen LogP contribution < -0.4 is 4.90 Å². The first-order chi connectivity index (χ1) is 16.4. The van der Waals surface area contributed by atoms with Crippen LogP contribution in [-0.4, -0.2) is 29.0 Å². The lowest BCUT2D eigenvalue weighted by Gasteiger charge is -2.27. The highest BCUT2D eigenvalue weighted by Gasteiger charge is 2.74. The Morgan fingerprint density at radius 1 is 0.735 bits per heavy atom. The minimum atomic E-state index is -2.12. The number of hydrogen-bond acceptors (Lipinski definition) is 5. The molecule has 34 heavy (non-hydrogen) atoms. The normalized spacial score (nSPS) is 24.8. The SMILES string of the molecule is O=C1[C@@H]2[C@@H](c3ccccc3)OC3(C(=O)c4ccccc4C3=O)[C@H]2C(=O)N1c1cccc(Cl)c1Cl. The fourth-order valence-corrected chi connectivity index (χ4v) is 5.74. The molecular formula is C26H15Cl2NO5. The number of halogens is 2. The summed E-state index contributed by atoms with van der Waals surface area (Å²) >= 11 is 12.5. The first-order valence-electron chi connectivity index (χ1n) is 10.6. The molecule has 3 aromatic carbocycles. The van der Waals surface area contributed by atoms with Gasteiger partial charge in [-0.1, -0.05) is 83.9 Å². The van der Waals surface area contributed by atoms with E-state index in [1.54, 1.807) is 48.5 Å². The van der Waals surface area contributed by atoms with Gasteiger partial charge in [0.25, 0.3) is 0 Å². The molecule has 6 nitrogen and oxygen atoms in total. The molecule has 1 aliphatic carbocycles. The van der Waals surface area contributed by atoms with Crippen molar-refractivity contribution in [3.63, 3.8) is 0 Å². The van der Waals surface area contributed by atoms with Crippen LogP contribution >= 0.6 is 23.2 Å². The average Bonchev–Trinajstić information content (AvgIpc) is 3.42. The Morgan fingerprint density at radius 3 is 2.00 bits per heavy atom. The van der Waals surface area contributed by atoms with Crippen molar-refractivity contribution in [1.29, 1.82) is 0 Å². The molecule has 0 unspecified atom stereocenters. The van der Waals surface area contributed by atoms with Crippen molar-refractivity contribution in [2.75, 3.05) is 4.90 Å². The third-order valence-corrected chi connectivity index (χ3v) is 7.63. The Bertz CT molecular complexity index is 1380.